The first-order valence-corrected chi connectivity index (χ1v) is 8.29. The lowest BCUT2D eigenvalue weighted by atomic mass is 9.83. The first-order valence-electron chi connectivity index (χ1n) is 7.54. The van der Waals surface area contributed by atoms with Gasteiger partial charge in [0.15, 0.2) is 0 Å². The van der Waals surface area contributed by atoms with Crippen LogP contribution in [-0.4, -0.2) is 18.2 Å². The molecule has 1 aromatic carbocycles. The fourth-order valence-electron chi connectivity index (χ4n) is 3.44. The second-order valence-electron chi connectivity index (χ2n) is 6.03. The predicted molar refractivity (Wildman–Crippen MR) is 84.9 cm³/mol. The van der Waals surface area contributed by atoms with Crippen molar-refractivity contribution < 1.29 is 4.74 Å². The Morgan fingerprint density at radius 2 is 1.90 bits per heavy atom. The lowest BCUT2D eigenvalue weighted by molar-refractivity contribution is -0.0588. The highest BCUT2D eigenvalue weighted by Gasteiger charge is 2.40. The summed E-state index contributed by atoms with van der Waals surface area (Å²) in [5.74, 6) is 0. The minimum absolute atomic E-state index is 0.197. The number of ether oxygens (including phenoxy) is 1. The van der Waals surface area contributed by atoms with Gasteiger partial charge in [-0.2, -0.15) is 0 Å². The molecule has 20 heavy (non-hydrogen) atoms. The fourth-order valence-corrected chi connectivity index (χ4v) is 3.74. The summed E-state index contributed by atoms with van der Waals surface area (Å²) in [6.45, 7) is 0.847. The summed E-state index contributed by atoms with van der Waals surface area (Å²) < 4.78 is 6.34. The molecule has 1 spiro atoms. The normalized spacial score (nSPS) is 25.0. The van der Waals surface area contributed by atoms with Crippen LogP contribution in [-0.2, 0) is 4.74 Å². The summed E-state index contributed by atoms with van der Waals surface area (Å²) in [5.41, 5.74) is 1.20. The van der Waals surface area contributed by atoms with Crippen LogP contribution in [0.5, 0.6) is 0 Å². The zero-order chi connectivity index (χ0) is 14.0. The Morgan fingerprint density at radius 1 is 1.10 bits per heavy atom. The Kier molecular flexibility index (Phi) is 4.44. The molecule has 1 aliphatic carbocycles. The highest BCUT2D eigenvalue weighted by molar-refractivity contribution is 6.42. The van der Waals surface area contributed by atoms with Gasteiger partial charge < -0.3 is 10.1 Å². The zero-order valence-corrected chi connectivity index (χ0v) is 13.1. The lowest BCUT2D eigenvalue weighted by Gasteiger charge is -2.33. The Balaban J connectivity index is 1.53. The first-order chi connectivity index (χ1) is 9.67. The third-order valence-electron chi connectivity index (χ3n) is 4.56. The van der Waals surface area contributed by atoms with Gasteiger partial charge in [0.2, 0.25) is 0 Å². The molecule has 1 atom stereocenters. The Labute approximate surface area is 130 Å². The van der Waals surface area contributed by atoms with E-state index in [2.05, 4.69) is 5.32 Å². The van der Waals surface area contributed by atoms with Gasteiger partial charge in [-0.25, -0.2) is 0 Å². The van der Waals surface area contributed by atoms with Gasteiger partial charge in [0.25, 0.3) is 0 Å². The van der Waals surface area contributed by atoms with E-state index in [-0.39, 0.29) is 5.60 Å². The van der Waals surface area contributed by atoms with Crippen molar-refractivity contribution in [3.05, 3.63) is 28.2 Å². The smallest absolute Gasteiger partial charge is 0.0756 e. The van der Waals surface area contributed by atoms with Crippen molar-refractivity contribution in [1.29, 1.82) is 0 Å². The highest BCUT2D eigenvalue weighted by atomic mass is 35.5. The molecule has 1 unspecified atom stereocenters. The summed E-state index contributed by atoms with van der Waals surface area (Å²) in [6.07, 6.45) is 9.22. The number of anilines is 1. The van der Waals surface area contributed by atoms with E-state index in [1.165, 1.54) is 38.5 Å². The maximum Gasteiger partial charge on any atom is 0.0756 e. The van der Waals surface area contributed by atoms with E-state index in [9.17, 15) is 0 Å². The number of nitrogens with one attached hydrogen (secondary N) is 1. The number of benzene rings is 1. The highest BCUT2D eigenvalue weighted by Crippen LogP contribution is 2.41. The largest absolute Gasteiger partial charge is 0.382 e. The molecule has 1 saturated heterocycles. The summed E-state index contributed by atoms with van der Waals surface area (Å²) >= 11 is 11.9. The molecule has 2 fully saturated rings. The van der Waals surface area contributed by atoms with E-state index in [0.717, 1.165) is 18.7 Å². The molecule has 1 heterocycles. The van der Waals surface area contributed by atoms with Gasteiger partial charge in [-0.05, 0) is 43.9 Å². The van der Waals surface area contributed by atoms with E-state index in [0.29, 0.717) is 16.1 Å². The van der Waals surface area contributed by atoms with Gasteiger partial charge in [-0.15, -0.1) is 0 Å². The number of halogens is 2. The van der Waals surface area contributed by atoms with Gasteiger partial charge in [0.05, 0.1) is 21.8 Å². The minimum Gasteiger partial charge on any atom is -0.382 e. The summed E-state index contributed by atoms with van der Waals surface area (Å²) in [5, 5.41) is 4.59. The average molecular weight is 314 g/mol. The van der Waals surface area contributed by atoms with Gasteiger partial charge >= 0.3 is 0 Å². The molecule has 0 amide bonds. The molecule has 1 saturated carbocycles. The van der Waals surface area contributed by atoms with Crippen LogP contribution in [0.1, 0.15) is 44.9 Å². The van der Waals surface area contributed by atoms with Crippen molar-refractivity contribution in [2.75, 3.05) is 11.9 Å². The van der Waals surface area contributed by atoms with Crippen LogP contribution in [0.25, 0.3) is 0 Å². The van der Waals surface area contributed by atoms with Crippen molar-refractivity contribution in [1.82, 2.24) is 0 Å². The molecular formula is C16H21Cl2NO. The summed E-state index contributed by atoms with van der Waals surface area (Å²) in [6, 6.07) is 5.65. The molecule has 0 aromatic heterocycles. The molecular weight excluding hydrogens is 293 g/mol. The Morgan fingerprint density at radius 3 is 2.65 bits per heavy atom. The molecule has 1 aliphatic heterocycles. The zero-order valence-electron chi connectivity index (χ0n) is 11.6. The van der Waals surface area contributed by atoms with Crippen LogP contribution in [0.2, 0.25) is 10.0 Å². The average Bonchev–Trinajstić information content (AvgIpc) is 2.84. The standard InChI is InChI=1S/C16H21Cl2NO/c17-14-5-4-12(10-15(14)18)19-11-13-6-9-16(20-13)7-2-1-3-8-16/h4-5,10,13,19H,1-3,6-9,11H2. The summed E-state index contributed by atoms with van der Waals surface area (Å²) in [4.78, 5) is 0. The van der Waals surface area contributed by atoms with Crippen molar-refractivity contribution in [2.45, 2.75) is 56.7 Å². The topological polar surface area (TPSA) is 21.3 Å². The van der Waals surface area contributed by atoms with E-state index in [4.69, 9.17) is 27.9 Å². The van der Waals surface area contributed by atoms with Crippen LogP contribution in [0.4, 0.5) is 5.69 Å². The Bertz CT molecular complexity index is 472. The number of rotatable bonds is 3. The van der Waals surface area contributed by atoms with Crippen LogP contribution in [0.15, 0.2) is 18.2 Å². The molecule has 1 N–H and O–H groups in total. The quantitative estimate of drug-likeness (QED) is 0.819. The molecule has 0 radical (unpaired) electrons. The molecule has 2 aliphatic rings. The number of hydrogen-bond donors (Lipinski definition) is 1. The molecule has 3 rings (SSSR count). The third kappa shape index (κ3) is 3.24. The van der Waals surface area contributed by atoms with Crippen LogP contribution in [0.3, 0.4) is 0 Å². The Hall–Kier alpha value is -0.440. The maximum atomic E-state index is 6.34. The molecule has 2 nitrogen and oxygen atoms in total. The van der Waals surface area contributed by atoms with Gasteiger partial charge in [0, 0.05) is 12.2 Å². The van der Waals surface area contributed by atoms with Crippen LogP contribution < -0.4 is 5.32 Å². The molecule has 0 bridgehead atoms. The second kappa shape index (κ2) is 6.13. The molecule has 1 aromatic rings. The van der Waals surface area contributed by atoms with Gasteiger partial charge in [0.1, 0.15) is 0 Å². The molecule has 110 valence electrons. The van der Waals surface area contributed by atoms with Crippen molar-refractivity contribution in [3.63, 3.8) is 0 Å². The van der Waals surface area contributed by atoms with E-state index in [1.54, 1.807) is 0 Å². The third-order valence-corrected chi connectivity index (χ3v) is 5.30. The van der Waals surface area contributed by atoms with Crippen molar-refractivity contribution in [2.24, 2.45) is 0 Å². The van der Waals surface area contributed by atoms with Crippen molar-refractivity contribution >= 4 is 28.9 Å². The fraction of sp³-hybridized carbons (Fsp3) is 0.625. The lowest BCUT2D eigenvalue weighted by Crippen LogP contribution is -2.33. The second-order valence-corrected chi connectivity index (χ2v) is 6.85. The summed E-state index contributed by atoms with van der Waals surface area (Å²) in [7, 11) is 0. The van der Waals surface area contributed by atoms with E-state index < -0.39 is 0 Å². The van der Waals surface area contributed by atoms with Gasteiger partial charge in [-0.3, -0.25) is 0 Å². The van der Waals surface area contributed by atoms with E-state index >= 15 is 0 Å². The SMILES string of the molecule is Clc1ccc(NCC2CCC3(CCCCC3)O2)cc1Cl. The van der Waals surface area contributed by atoms with Gasteiger partial charge in [-0.1, -0.05) is 42.5 Å². The monoisotopic (exact) mass is 313 g/mol. The maximum absolute atomic E-state index is 6.34. The first kappa shape index (κ1) is 14.5. The minimum atomic E-state index is 0.197. The predicted octanol–water partition coefficient (Wildman–Crippen LogP) is 5.29. The number of hydrogen-bond acceptors (Lipinski definition) is 2. The molecule has 4 heteroatoms. The van der Waals surface area contributed by atoms with Crippen LogP contribution in [0, 0.1) is 0 Å². The van der Waals surface area contributed by atoms with Crippen LogP contribution >= 0.6 is 23.2 Å². The van der Waals surface area contributed by atoms with Crippen molar-refractivity contribution in [3.8, 4) is 0 Å². The van der Waals surface area contributed by atoms with E-state index in [1.807, 2.05) is 18.2 Å².